The Balaban J connectivity index is 1.31. The number of halogens is 1. The van der Waals surface area contributed by atoms with Crippen LogP contribution in [-0.2, 0) is 0 Å². The van der Waals surface area contributed by atoms with Gasteiger partial charge in [-0.15, -0.1) is 0 Å². The molecule has 6 aromatic rings. The van der Waals surface area contributed by atoms with E-state index in [0.29, 0.717) is 17.1 Å². The van der Waals surface area contributed by atoms with Gasteiger partial charge in [-0.1, -0.05) is 0 Å². The number of nitrogens with zero attached hydrogens (tertiary/aromatic N) is 6. The molecule has 0 spiro atoms. The predicted octanol–water partition coefficient (Wildman–Crippen LogP) is 4.22. The summed E-state index contributed by atoms with van der Waals surface area (Å²) in [7, 11) is 0. The van der Waals surface area contributed by atoms with Gasteiger partial charge in [-0.2, -0.15) is 5.10 Å². The van der Waals surface area contributed by atoms with Crippen molar-refractivity contribution in [2.24, 2.45) is 5.73 Å². The lowest BCUT2D eigenvalue weighted by Crippen LogP contribution is -2.56. The molecule has 5 aromatic heterocycles. The van der Waals surface area contributed by atoms with Crippen LogP contribution in [0.4, 0.5) is 10.2 Å². The standard InChI is InChI=1S/C27H22FN9/c1-14-4-15(6-16(28)5-14)26-18-8-22(33-20(18)2-3-31-26)27-19-7-21(32-10-23(19)35-36-27)24-9-30-11-25(34-24)37-12-17(29)13-37/h2-11,17,33H,12-13,29H2,1H3,(H,35,36). The van der Waals surface area contributed by atoms with Crippen LogP contribution in [0.3, 0.4) is 0 Å². The zero-order chi connectivity index (χ0) is 25.1. The third kappa shape index (κ3) is 3.69. The number of aryl methyl sites for hydroxylation is 1. The van der Waals surface area contributed by atoms with E-state index in [0.717, 1.165) is 63.2 Å². The SMILES string of the molecule is Cc1cc(F)cc(-c2nccc3[nH]c(-c4n[nH]c5cnc(-c6cncc(N7CC(N)C7)n6)cc45)cc23)c1. The monoisotopic (exact) mass is 491 g/mol. The van der Waals surface area contributed by atoms with Gasteiger partial charge < -0.3 is 15.6 Å². The second-order valence-electron chi connectivity index (χ2n) is 9.44. The summed E-state index contributed by atoms with van der Waals surface area (Å²) in [6, 6.07) is 11.0. The average Bonchev–Trinajstić information content (AvgIpc) is 3.49. The van der Waals surface area contributed by atoms with Crippen molar-refractivity contribution in [3.63, 3.8) is 0 Å². The first-order valence-corrected chi connectivity index (χ1v) is 11.9. The van der Waals surface area contributed by atoms with Crippen LogP contribution in [0.15, 0.2) is 61.2 Å². The number of hydrogen-bond donors (Lipinski definition) is 3. The van der Waals surface area contributed by atoms with Crippen molar-refractivity contribution in [3.05, 3.63) is 72.6 Å². The molecule has 1 aliphatic heterocycles. The van der Waals surface area contributed by atoms with Gasteiger partial charge in [-0.05, 0) is 48.9 Å². The Hall–Kier alpha value is -4.70. The van der Waals surface area contributed by atoms with Crippen molar-refractivity contribution in [3.8, 4) is 34.0 Å². The Morgan fingerprint density at radius 1 is 0.946 bits per heavy atom. The van der Waals surface area contributed by atoms with E-state index in [1.54, 1.807) is 24.8 Å². The number of fused-ring (bicyclic) bond motifs is 2. The van der Waals surface area contributed by atoms with E-state index in [1.807, 2.05) is 31.2 Å². The maximum absolute atomic E-state index is 14.1. The fourth-order valence-corrected chi connectivity index (χ4v) is 4.88. The Labute approximate surface area is 210 Å². The van der Waals surface area contributed by atoms with Gasteiger partial charge in [0.25, 0.3) is 0 Å². The van der Waals surface area contributed by atoms with Crippen molar-refractivity contribution >= 4 is 27.6 Å². The fraction of sp³-hybridized carbons (Fsp3) is 0.148. The molecule has 4 N–H and O–H groups in total. The molecular formula is C27H22FN9. The van der Waals surface area contributed by atoms with Crippen LogP contribution in [0.2, 0.25) is 0 Å². The molecule has 0 saturated carbocycles. The molecule has 1 aliphatic rings. The molecular weight excluding hydrogens is 469 g/mol. The Kier molecular flexibility index (Phi) is 4.76. The highest BCUT2D eigenvalue weighted by Crippen LogP contribution is 2.34. The number of rotatable bonds is 4. The second kappa shape index (κ2) is 8.17. The van der Waals surface area contributed by atoms with Gasteiger partial charge >= 0.3 is 0 Å². The predicted molar refractivity (Wildman–Crippen MR) is 140 cm³/mol. The second-order valence-corrected chi connectivity index (χ2v) is 9.44. The third-order valence-electron chi connectivity index (χ3n) is 6.68. The lowest BCUT2D eigenvalue weighted by molar-refractivity contribution is 0.514. The number of anilines is 1. The Bertz CT molecular complexity index is 1780. The highest BCUT2D eigenvalue weighted by atomic mass is 19.1. The van der Waals surface area contributed by atoms with Gasteiger partial charge in [-0.25, -0.2) is 9.37 Å². The first-order chi connectivity index (χ1) is 18.0. The van der Waals surface area contributed by atoms with Crippen molar-refractivity contribution in [1.82, 2.24) is 35.1 Å². The van der Waals surface area contributed by atoms with E-state index in [9.17, 15) is 4.39 Å². The molecule has 0 atom stereocenters. The topological polar surface area (TPSA) is 125 Å². The van der Waals surface area contributed by atoms with Crippen molar-refractivity contribution < 1.29 is 4.39 Å². The Morgan fingerprint density at radius 2 is 1.81 bits per heavy atom. The molecule has 182 valence electrons. The van der Waals surface area contributed by atoms with Gasteiger partial charge in [0.1, 0.15) is 23.0 Å². The minimum Gasteiger partial charge on any atom is -0.353 e. The first-order valence-electron chi connectivity index (χ1n) is 11.9. The fourth-order valence-electron chi connectivity index (χ4n) is 4.88. The van der Waals surface area contributed by atoms with Crippen LogP contribution in [0.5, 0.6) is 0 Å². The number of aromatic nitrogens is 7. The van der Waals surface area contributed by atoms with Gasteiger partial charge in [0.2, 0.25) is 0 Å². The summed E-state index contributed by atoms with van der Waals surface area (Å²) in [5, 5.41) is 9.42. The molecule has 1 aromatic carbocycles. The maximum atomic E-state index is 14.1. The normalized spacial score (nSPS) is 14.0. The van der Waals surface area contributed by atoms with Gasteiger partial charge in [0.15, 0.2) is 0 Å². The van der Waals surface area contributed by atoms with Crippen LogP contribution in [0, 0.1) is 12.7 Å². The summed E-state index contributed by atoms with van der Waals surface area (Å²) in [6.07, 6.45) is 6.92. The first kappa shape index (κ1) is 21.6. The summed E-state index contributed by atoms with van der Waals surface area (Å²) in [4.78, 5) is 23.8. The van der Waals surface area contributed by atoms with Crippen LogP contribution < -0.4 is 10.6 Å². The molecule has 37 heavy (non-hydrogen) atoms. The van der Waals surface area contributed by atoms with Crippen molar-refractivity contribution in [2.75, 3.05) is 18.0 Å². The number of pyridine rings is 2. The van der Waals surface area contributed by atoms with E-state index in [4.69, 9.17) is 10.7 Å². The number of aromatic amines is 2. The molecule has 0 amide bonds. The minimum absolute atomic E-state index is 0.172. The summed E-state index contributed by atoms with van der Waals surface area (Å²) < 4.78 is 14.1. The van der Waals surface area contributed by atoms with Crippen LogP contribution >= 0.6 is 0 Å². The van der Waals surface area contributed by atoms with Crippen LogP contribution in [0.1, 0.15) is 5.56 Å². The zero-order valence-electron chi connectivity index (χ0n) is 19.9. The number of benzene rings is 1. The molecule has 1 saturated heterocycles. The molecule has 6 heterocycles. The minimum atomic E-state index is -0.285. The molecule has 0 aliphatic carbocycles. The number of nitrogens with two attached hydrogens (primary N) is 1. The van der Waals surface area contributed by atoms with E-state index >= 15 is 0 Å². The number of H-pyrrole nitrogens is 2. The van der Waals surface area contributed by atoms with Crippen molar-refractivity contribution in [1.29, 1.82) is 0 Å². The maximum Gasteiger partial charge on any atom is 0.147 e. The molecule has 7 rings (SSSR count). The molecule has 0 unspecified atom stereocenters. The molecule has 1 fully saturated rings. The van der Waals surface area contributed by atoms with Gasteiger partial charge in [0.05, 0.1) is 41.2 Å². The largest absolute Gasteiger partial charge is 0.353 e. The quantitative estimate of drug-likeness (QED) is 0.337. The van der Waals surface area contributed by atoms with E-state index in [2.05, 4.69) is 35.0 Å². The highest BCUT2D eigenvalue weighted by Gasteiger charge is 2.25. The lowest BCUT2D eigenvalue weighted by atomic mass is 10.0. The highest BCUT2D eigenvalue weighted by molar-refractivity contribution is 6.00. The van der Waals surface area contributed by atoms with Crippen LogP contribution in [0.25, 0.3) is 55.8 Å². The lowest BCUT2D eigenvalue weighted by Gasteiger charge is -2.37. The Morgan fingerprint density at radius 3 is 2.65 bits per heavy atom. The molecule has 9 nitrogen and oxygen atoms in total. The van der Waals surface area contributed by atoms with E-state index in [-0.39, 0.29) is 11.9 Å². The summed E-state index contributed by atoms with van der Waals surface area (Å²) in [5.41, 5.74) is 12.8. The molecule has 0 bridgehead atoms. The smallest absolute Gasteiger partial charge is 0.147 e. The molecule has 0 radical (unpaired) electrons. The summed E-state index contributed by atoms with van der Waals surface area (Å²) in [5.74, 6) is 0.503. The number of nitrogens with one attached hydrogen (secondary N) is 2. The van der Waals surface area contributed by atoms with E-state index in [1.165, 1.54) is 12.1 Å². The summed E-state index contributed by atoms with van der Waals surface area (Å²) in [6.45, 7) is 3.40. The van der Waals surface area contributed by atoms with Gasteiger partial charge in [0, 0.05) is 47.2 Å². The summed E-state index contributed by atoms with van der Waals surface area (Å²) >= 11 is 0. The van der Waals surface area contributed by atoms with Crippen LogP contribution in [-0.4, -0.2) is 54.2 Å². The van der Waals surface area contributed by atoms with E-state index < -0.39 is 0 Å². The van der Waals surface area contributed by atoms with Gasteiger partial charge in [-0.3, -0.25) is 20.1 Å². The third-order valence-corrected chi connectivity index (χ3v) is 6.68. The van der Waals surface area contributed by atoms with Crippen molar-refractivity contribution in [2.45, 2.75) is 13.0 Å². The molecule has 10 heteroatoms. The zero-order valence-corrected chi connectivity index (χ0v) is 19.9. The number of hydrogen-bond acceptors (Lipinski definition) is 7. The average molecular weight is 492 g/mol.